The standard InChI is InChI=1S/C31H26OSi/c1-24(30-23-25-13-11-12-20-29(25)31(30)32)21-22-33(26-14-5-2-6-15-26,27-16-7-3-8-17-27)28-18-9-4-10-19-28/h2-20,30-32H,1,23H2/t30-,31-/m1/s1. The Morgan fingerprint density at radius 2 is 1.15 bits per heavy atom. The van der Waals surface area contributed by atoms with Crippen molar-refractivity contribution in [2.24, 2.45) is 5.92 Å². The van der Waals surface area contributed by atoms with Crippen molar-refractivity contribution < 1.29 is 5.11 Å². The van der Waals surface area contributed by atoms with E-state index in [1.807, 2.05) is 18.2 Å². The van der Waals surface area contributed by atoms with E-state index in [0.29, 0.717) is 0 Å². The van der Waals surface area contributed by atoms with Crippen molar-refractivity contribution in [2.45, 2.75) is 12.5 Å². The molecule has 5 rings (SSSR count). The molecule has 0 saturated carbocycles. The minimum atomic E-state index is -2.64. The summed E-state index contributed by atoms with van der Waals surface area (Å²) in [7, 11) is -2.64. The molecule has 1 nitrogen and oxygen atoms in total. The van der Waals surface area contributed by atoms with Crippen LogP contribution in [-0.2, 0) is 6.42 Å². The van der Waals surface area contributed by atoms with Crippen LogP contribution in [0.25, 0.3) is 0 Å². The molecule has 1 aliphatic rings. The lowest BCUT2D eigenvalue weighted by Crippen LogP contribution is -2.66. The molecule has 0 amide bonds. The summed E-state index contributed by atoms with van der Waals surface area (Å²) in [6.45, 7) is 4.34. The lowest BCUT2D eigenvalue weighted by molar-refractivity contribution is 0.143. The Morgan fingerprint density at radius 1 is 0.697 bits per heavy atom. The Labute approximate surface area is 197 Å². The molecule has 1 N–H and O–H groups in total. The molecule has 0 heterocycles. The van der Waals surface area contributed by atoms with Crippen LogP contribution in [-0.4, -0.2) is 13.2 Å². The van der Waals surface area contributed by atoms with Crippen molar-refractivity contribution in [3.8, 4) is 11.5 Å². The average Bonchev–Trinajstić information content (AvgIpc) is 3.23. The summed E-state index contributed by atoms with van der Waals surface area (Å²) in [4.78, 5) is 0. The summed E-state index contributed by atoms with van der Waals surface area (Å²) in [5, 5.41) is 14.7. The highest BCUT2D eigenvalue weighted by Gasteiger charge is 2.39. The first-order valence-electron chi connectivity index (χ1n) is 11.3. The van der Waals surface area contributed by atoms with Crippen LogP contribution in [0.5, 0.6) is 0 Å². The molecule has 160 valence electrons. The van der Waals surface area contributed by atoms with Crippen molar-refractivity contribution in [3.05, 3.63) is 139 Å². The van der Waals surface area contributed by atoms with Gasteiger partial charge in [-0.25, -0.2) is 0 Å². The second kappa shape index (κ2) is 9.08. The average molecular weight is 443 g/mol. The summed E-state index contributed by atoms with van der Waals surface area (Å²) >= 11 is 0. The van der Waals surface area contributed by atoms with Crippen LogP contribution < -0.4 is 15.6 Å². The zero-order valence-corrected chi connectivity index (χ0v) is 19.5. The SMILES string of the molecule is C=C(C#C[Si](c1ccccc1)(c1ccccc1)c1ccccc1)[C@H]1Cc2ccccc2[C@H]1O. The van der Waals surface area contributed by atoms with Crippen molar-refractivity contribution in [3.63, 3.8) is 0 Å². The Bertz CT molecular complexity index is 1220. The predicted octanol–water partition coefficient (Wildman–Crippen LogP) is 4.16. The maximum atomic E-state index is 11.0. The third-order valence-electron chi connectivity index (χ3n) is 6.67. The number of hydrogen-bond donors (Lipinski definition) is 1. The summed E-state index contributed by atoms with van der Waals surface area (Å²) in [6, 6.07) is 40.0. The zero-order chi connectivity index (χ0) is 22.7. The van der Waals surface area contributed by atoms with E-state index in [4.69, 9.17) is 0 Å². The highest BCUT2D eigenvalue weighted by Crippen LogP contribution is 2.39. The van der Waals surface area contributed by atoms with E-state index < -0.39 is 14.2 Å². The van der Waals surface area contributed by atoms with Gasteiger partial charge in [0.25, 0.3) is 0 Å². The fraction of sp³-hybridized carbons (Fsp3) is 0.0968. The number of rotatable bonds is 4. The molecule has 4 aromatic carbocycles. The van der Waals surface area contributed by atoms with Gasteiger partial charge in [0.2, 0.25) is 8.07 Å². The number of fused-ring (bicyclic) bond motifs is 1. The van der Waals surface area contributed by atoms with Gasteiger partial charge in [-0.05, 0) is 33.1 Å². The lowest BCUT2D eigenvalue weighted by atomic mass is 9.96. The Morgan fingerprint density at radius 3 is 1.64 bits per heavy atom. The maximum absolute atomic E-state index is 11.0. The van der Waals surface area contributed by atoms with Crippen molar-refractivity contribution >= 4 is 23.6 Å². The van der Waals surface area contributed by atoms with Gasteiger partial charge in [-0.15, -0.1) is 5.54 Å². The molecule has 0 radical (unpaired) electrons. The molecular formula is C31H26OSi. The van der Waals surface area contributed by atoms with E-state index in [1.54, 1.807) is 0 Å². The highest BCUT2D eigenvalue weighted by atomic mass is 28.3. The van der Waals surface area contributed by atoms with Gasteiger partial charge in [0.15, 0.2) is 0 Å². The molecule has 0 spiro atoms. The van der Waals surface area contributed by atoms with Gasteiger partial charge in [0.1, 0.15) is 0 Å². The van der Waals surface area contributed by atoms with Crippen LogP contribution >= 0.6 is 0 Å². The first-order chi connectivity index (χ1) is 16.2. The minimum absolute atomic E-state index is 0.0797. The fourth-order valence-corrected chi connectivity index (χ4v) is 8.79. The summed E-state index contributed by atoms with van der Waals surface area (Å²) < 4.78 is 0. The molecule has 0 fully saturated rings. The number of hydrogen-bond acceptors (Lipinski definition) is 1. The quantitative estimate of drug-likeness (QED) is 0.286. The lowest BCUT2D eigenvalue weighted by Gasteiger charge is -2.28. The van der Waals surface area contributed by atoms with Gasteiger partial charge in [0.05, 0.1) is 6.10 Å². The van der Waals surface area contributed by atoms with Gasteiger partial charge >= 0.3 is 0 Å². The van der Waals surface area contributed by atoms with Crippen LogP contribution in [0.2, 0.25) is 0 Å². The Kier molecular flexibility index (Phi) is 5.83. The number of aliphatic hydroxyl groups excluding tert-OH is 1. The van der Waals surface area contributed by atoms with Crippen LogP contribution in [0, 0.1) is 17.4 Å². The zero-order valence-electron chi connectivity index (χ0n) is 18.5. The van der Waals surface area contributed by atoms with E-state index in [-0.39, 0.29) is 5.92 Å². The monoisotopic (exact) mass is 442 g/mol. The third-order valence-corrected chi connectivity index (χ3v) is 10.8. The van der Waals surface area contributed by atoms with E-state index in [0.717, 1.165) is 17.6 Å². The first kappa shape index (κ1) is 21.2. The van der Waals surface area contributed by atoms with Crippen molar-refractivity contribution in [2.75, 3.05) is 0 Å². The van der Waals surface area contributed by atoms with Gasteiger partial charge < -0.3 is 5.11 Å². The normalized spacial score (nSPS) is 17.0. The smallest absolute Gasteiger partial charge is 0.230 e. The molecule has 2 atom stereocenters. The van der Waals surface area contributed by atoms with Gasteiger partial charge in [-0.2, -0.15) is 0 Å². The summed E-state index contributed by atoms with van der Waals surface area (Å²) in [5.74, 6) is 3.40. The van der Waals surface area contributed by atoms with Crippen LogP contribution in [0.15, 0.2) is 127 Å². The molecule has 4 aromatic rings. The topological polar surface area (TPSA) is 20.2 Å². The van der Waals surface area contributed by atoms with Crippen LogP contribution in [0.4, 0.5) is 0 Å². The molecule has 0 unspecified atom stereocenters. The molecule has 1 aliphatic carbocycles. The number of benzene rings is 4. The van der Waals surface area contributed by atoms with Gasteiger partial charge in [0, 0.05) is 11.5 Å². The van der Waals surface area contributed by atoms with E-state index in [1.165, 1.54) is 21.1 Å². The van der Waals surface area contributed by atoms with Crippen LogP contribution in [0.1, 0.15) is 17.2 Å². The molecule has 0 saturated heterocycles. The second-order valence-corrected chi connectivity index (χ2v) is 12.1. The minimum Gasteiger partial charge on any atom is -0.388 e. The second-order valence-electron chi connectivity index (χ2n) is 8.58. The van der Waals surface area contributed by atoms with Crippen LogP contribution in [0.3, 0.4) is 0 Å². The Balaban J connectivity index is 1.64. The Hall–Kier alpha value is -3.64. The highest BCUT2D eigenvalue weighted by molar-refractivity contribution is 7.16. The van der Waals surface area contributed by atoms with E-state index in [9.17, 15) is 5.11 Å². The third kappa shape index (κ3) is 3.87. The first-order valence-corrected chi connectivity index (χ1v) is 13.3. The predicted molar refractivity (Wildman–Crippen MR) is 139 cm³/mol. The largest absolute Gasteiger partial charge is 0.388 e. The summed E-state index contributed by atoms with van der Waals surface area (Å²) in [5.41, 5.74) is 6.78. The molecule has 0 bridgehead atoms. The molecule has 2 heteroatoms. The number of aliphatic hydroxyl groups is 1. The fourth-order valence-electron chi connectivity index (χ4n) is 4.94. The molecular weight excluding hydrogens is 416 g/mol. The van der Waals surface area contributed by atoms with Gasteiger partial charge in [-0.3, -0.25) is 0 Å². The van der Waals surface area contributed by atoms with Crippen molar-refractivity contribution in [1.82, 2.24) is 0 Å². The molecule has 0 aromatic heterocycles. The van der Waals surface area contributed by atoms with Crippen molar-refractivity contribution in [1.29, 1.82) is 0 Å². The molecule has 33 heavy (non-hydrogen) atoms. The van der Waals surface area contributed by atoms with Gasteiger partial charge in [-0.1, -0.05) is 128 Å². The van der Waals surface area contributed by atoms with E-state index in [2.05, 4.69) is 115 Å². The molecule has 0 aliphatic heterocycles. The maximum Gasteiger partial charge on any atom is 0.230 e. The van der Waals surface area contributed by atoms with E-state index >= 15 is 0 Å². The summed E-state index contributed by atoms with van der Waals surface area (Å²) in [6.07, 6.45) is 0.228.